The standard InChI is InChI=1S/C11H8ClN3O2/c1-16-8-3-2-7-11(14-8)15-10(13-7)6-4-5-17-9(6)12/h2-5H,1H3,(H,13,14,15). The quantitative estimate of drug-likeness (QED) is 0.758. The second-order valence-electron chi connectivity index (χ2n) is 3.42. The van der Waals surface area contributed by atoms with Crippen LogP contribution >= 0.6 is 11.6 Å². The van der Waals surface area contributed by atoms with Gasteiger partial charge >= 0.3 is 0 Å². The zero-order valence-corrected chi connectivity index (χ0v) is 9.65. The molecular weight excluding hydrogens is 242 g/mol. The van der Waals surface area contributed by atoms with Gasteiger partial charge < -0.3 is 14.1 Å². The molecule has 3 aromatic heterocycles. The second-order valence-corrected chi connectivity index (χ2v) is 3.76. The number of rotatable bonds is 2. The number of halogens is 1. The molecule has 1 N–H and O–H groups in total. The molecule has 0 radical (unpaired) electrons. The minimum absolute atomic E-state index is 0.302. The lowest BCUT2D eigenvalue weighted by atomic mass is 10.3. The van der Waals surface area contributed by atoms with Gasteiger partial charge in [0.05, 0.1) is 24.5 Å². The van der Waals surface area contributed by atoms with Crippen molar-refractivity contribution in [2.75, 3.05) is 7.11 Å². The molecule has 6 heteroatoms. The summed E-state index contributed by atoms with van der Waals surface area (Å²) in [5, 5.41) is 0.302. The highest BCUT2D eigenvalue weighted by Gasteiger charge is 2.12. The van der Waals surface area contributed by atoms with Gasteiger partial charge in [-0.15, -0.1) is 0 Å². The number of imidazole rings is 1. The van der Waals surface area contributed by atoms with Crippen LogP contribution in [-0.4, -0.2) is 22.1 Å². The Morgan fingerprint density at radius 3 is 2.88 bits per heavy atom. The van der Waals surface area contributed by atoms with Crippen molar-refractivity contribution in [1.82, 2.24) is 15.0 Å². The monoisotopic (exact) mass is 249 g/mol. The summed E-state index contributed by atoms with van der Waals surface area (Å²) in [6, 6.07) is 5.37. The fraction of sp³-hybridized carbons (Fsp3) is 0.0909. The Kier molecular flexibility index (Phi) is 2.26. The number of hydrogen-bond donors (Lipinski definition) is 1. The van der Waals surface area contributed by atoms with Crippen LogP contribution in [0.15, 0.2) is 28.9 Å². The smallest absolute Gasteiger partial charge is 0.215 e. The molecule has 0 saturated heterocycles. The normalized spacial score (nSPS) is 10.9. The number of H-pyrrole nitrogens is 1. The third kappa shape index (κ3) is 1.64. The Hall–Kier alpha value is -2.01. The molecule has 86 valence electrons. The number of furan rings is 1. The summed E-state index contributed by atoms with van der Waals surface area (Å²) in [5.74, 6) is 1.15. The van der Waals surface area contributed by atoms with Gasteiger partial charge in [-0.2, -0.15) is 4.98 Å². The summed E-state index contributed by atoms with van der Waals surface area (Å²) in [6.45, 7) is 0. The van der Waals surface area contributed by atoms with Gasteiger partial charge in [-0.3, -0.25) is 0 Å². The van der Waals surface area contributed by atoms with Crippen molar-refractivity contribution >= 4 is 22.8 Å². The van der Waals surface area contributed by atoms with E-state index in [-0.39, 0.29) is 0 Å². The van der Waals surface area contributed by atoms with Gasteiger partial charge in [0.25, 0.3) is 0 Å². The third-order valence-electron chi connectivity index (χ3n) is 2.40. The van der Waals surface area contributed by atoms with Gasteiger partial charge in [-0.25, -0.2) is 4.98 Å². The highest BCUT2D eigenvalue weighted by Crippen LogP contribution is 2.28. The number of nitrogens with one attached hydrogen (secondary N) is 1. The molecule has 0 aromatic carbocycles. The molecule has 17 heavy (non-hydrogen) atoms. The van der Waals surface area contributed by atoms with Gasteiger partial charge in [-0.05, 0) is 23.7 Å². The Bertz CT molecular complexity index is 674. The van der Waals surface area contributed by atoms with Crippen molar-refractivity contribution in [3.63, 3.8) is 0 Å². The van der Waals surface area contributed by atoms with E-state index in [9.17, 15) is 0 Å². The summed E-state index contributed by atoms with van der Waals surface area (Å²) < 4.78 is 10.1. The molecule has 5 nitrogen and oxygen atoms in total. The molecule has 0 atom stereocenters. The minimum Gasteiger partial charge on any atom is -0.481 e. The highest BCUT2D eigenvalue weighted by atomic mass is 35.5. The Balaban J connectivity index is 2.17. The van der Waals surface area contributed by atoms with E-state index >= 15 is 0 Å². The molecule has 0 unspecified atom stereocenters. The molecule has 0 spiro atoms. The van der Waals surface area contributed by atoms with Crippen LogP contribution in [0, 0.1) is 0 Å². The number of fused-ring (bicyclic) bond motifs is 1. The molecule has 0 fully saturated rings. The summed E-state index contributed by atoms with van der Waals surface area (Å²) in [7, 11) is 1.56. The summed E-state index contributed by atoms with van der Waals surface area (Å²) in [5.41, 5.74) is 2.11. The van der Waals surface area contributed by atoms with Gasteiger partial charge in [0.15, 0.2) is 5.65 Å². The van der Waals surface area contributed by atoms with E-state index in [0.29, 0.717) is 28.1 Å². The van der Waals surface area contributed by atoms with Crippen molar-refractivity contribution in [3.05, 3.63) is 29.7 Å². The summed E-state index contributed by atoms with van der Waals surface area (Å²) in [4.78, 5) is 11.7. The number of pyridine rings is 1. The fourth-order valence-electron chi connectivity index (χ4n) is 1.58. The van der Waals surface area contributed by atoms with E-state index in [1.165, 1.54) is 6.26 Å². The van der Waals surface area contributed by atoms with Crippen molar-refractivity contribution in [2.24, 2.45) is 0 Å². The lowest BCUT2D eigenvalue weighted by Gasteiger charge is -1.95. The fourth-order valence-corrected chi connectivity index (χ4v) is 1.78. The van der Waals surface area contributed by atoms with E-state index in [0.717, 1.165) is 5.52 Å². The predicted molar refractivity (Wildman–Crippen MR) is 63.2 cm³/mol. The summed E-state index contributed by atoms with van der Waals surface area (Å²) in [6.07, 6.45) is 1.51. The van der Waals surface area contributed by atoms with Crippen molar-refractivity contribution in [3.8, 4) is 17.3 Å². The molecule has 0 aliphatic rings. The van der Waals surface area contributed by atoms with Crippen LogP contribution < -0.4 is 4.74 Å². The van der Waals surface area contributed by atoms with E-state index in [1.54, 1.807) is 19.2 Å². The van der Waals surface area contributed by atoms with E-state index in [4.69, 9.17) is 20.8 Å². The van der Waals surface area contributed by atoms with Crippen molar-refractivity contribution < 1.29 is 9.15 Å². The number of nitrogens with zero attached hydrogens (tertiary/aromatic N) is 2. The first kappa shape index (κ1) is 10.2. The molecule has 3 aromatic rings. The average molecular weight is 250 g/mol. The Morgan fingerprint density at radius 2 is 2.18 bits per heavy atom. The Labute approximate surface area is 101 Å². The van der Waals surface area contributed by atoms with Gasteiger partial charge in [-0.1, -0.05) is 0 Å². The van der Waals surface area contributed by atoms with Crippen molar-refractivity contribution in [1.29, 1.82) is 0 Å². The lowest BCUT2D eigenvalue weighted by molar-refractivity contribution is 0.399. The zero-order valence-electron chi connectivity index (χ0n) is 8.90. The molecule has 3 rings (SSSR count). The number of aromatic amines is 1. The largest absolute Gasteiger partial charge is 0.481 e. The maximum atomic E-state index is 5.89. The highest BCUT2D eigenvalue weighted by molar-refractivity contribution is 6.31. The first-order valence-corrected chi connectivity index (χ1v) is 5.30. The van der Waals surface area contributed by atoms with Crippen LogP contribution in [0.25, 0.3) is 22.6 Å². The molecular formula is C11H8ClN3O2. The van der Waals surface area contributed by atoms with Gasteiger partial charge in [0.2, 0.25) is 11.1 Å². The van der Waals surface area contributed by atoms with Crippen LogP contribution in [-0.2, 0) is 0 Å². The van der Waals surface area contributed by atoms with Gasteiger partial charge in [0, 0.05) is 6.07 Å². The maximum Gasteiger partial charge on any atom is 0.215 e. The van der Waals surface area contributed by atoms with Crippen LogP contribution in [0.4, 0.5) is 0 Å². The van der Waals surface area contributed by atoms with Crippen LogP contribution in [0.2, 0.25) is 5.22 Å². The topological polar surface area (TPSA) is 63.9 Å². The second kappa shape index (κ2) is 3.78. The minimum atomic E-state index is 0.302. The van der Waals surface area contributed by atoms with Crippen molar-refractivity contribution in [2.45, 2.75) is 0 Å². The van der Waals surface area contributed by atoms with Crippen LogP contribution in [0.3, 0.4) is 0 Å². The van der Waals surface area contributed by atoms with E-state index < -0.39 is 0 Å². The van der Waals surface area contributed by atoms with E-state index in [2.05, 4.69) is 15.0 Å². The van der Waals surface area contributed by atoms with E-state index in [1.807, 2.05) is 6.07 Å². The number of methoxy groups -OCH3 is 1. The summed E-state index contributed by atoms with van der Waals surface area (Å²) >= 11 is 5.89. The first-order valence-electron chi connectivity index (χ1n) is 4.92. The Morgan fingerprint density at radius 1 is 1.29 bits per heavy atom. The first-order chi connectivity index (χ1) is 8.28. The number of aromatic nitrogens is 3. The molecule has 0 aliphatic carbocycles. The van der Waals surface area contributed by atoms with Gasteiger partial charge in [0.1, 0.15) is 5.82 Å². The van der Waals surface area contributed by atoms with Crippen LogP contribution in [0.5, 0.6) is 5.88 Å². The maximum absolute atomic E-state index is 5.89. The molecule has 0 amide bonds. The predicted octanol–water partition coefficient (Wildman–Crippen LogP) is 2.88. The molecule has 3 heterocycles. The average Bonchev–Trinajstić information content (AvgIpc) is 2.93. The number of hydrogen-bond acceptors (Lipinski definition) is 4. The SMILES string of the molecule is COc1ccc2[nH]c(-c3ccoc3Cl)nc2n1. The number of ether oxygens (including phenoxy) is 1. The molecule has 0 saturated carbocycles. The molecule has 0 bridgehead atoms. The molecule has 0 aliphatic heterocycles. The zero-order chi connectivity index (χ0) is 11.8. The van der Waals surface area contributed by atoms with Crippen LogP contribution in [0.1, 0.15) is 0 Å². The lowest BCUT2D eigenvalue weighted by Crippen LogP contribution is -1.86. The third-order valence-corrected chi connectivity index (χ3v) is 2.70.